The van der Waals surface area contributed by atoms with Gasteiger partial charge in [0.1, 0.15) is 18.1 Å². The van der Waals surface area contributed by atoms with Crippen LogP contribution >= 0.6 is 0 Å². The molecule has 0 radical (unpaired) electrons. The van der Waals surface area contributed by atoms with E-state index in [9.17, 15) is 24.0 Å². The Morgan fingerprint density at radius 1 is 1.10 bits per heavy atom. The molecular weight excluding hydrogens is 532 g/mol. The molecule has 0 fully saturated rings. The van der Waals surface area contributed by atoms with Gasteiger partial charge in [-0.1, -0.05) is 19.9 Å². The molecule has 0 aliphatic carbocycles. The topological polar surface area (TPSA) is 161 Å². The van der Waals surface area contributed by atoms with E-state index in [4.69, 9.17) is 9.47 Å². The Morgan fingerprint density at radius 3 is 2.59 bits per heavy atom. The van der Waals surface area contributed by atoms with Crippen LogP contribution in [0.4, 0.5) is 16.3 Å². The molecule has 0 unspecified atom stereocenters. The van der Waals surface area contributed by atoms with E-state index in [1.807, 2.05) is 20.8 Å². The summed E-state index contributed by atoms with van der Waals surface area (Å²) >= 11 is 0. The zero-order valence-electron chi connectivity index (χ0n) is 23.6. The quantitative estimate of drug-likeness (QED) is 0.177. The maximum Gasteiger partial charge on any atom is 0.419 e. The molecule has 0 aliphatic rings. The number of aldehydes is 1. The van der Waals surface area contributed by atoms with Crippen LogP contribution in [-0.4, -0.2) is 69.5 Å². The van der Waals surface area contributed by atoms with Gasteiger partial charge < -0.3 is 24.9 Å². The molecular formula is C28H34N6O7. The Morgan fingerprint density at radius 2 is 1.88 bits per heavy atom. The number of carbonyl (C=O) groups excluding carboxylic acids is 5. The van der Waals surface area contributed by atoms with Gasteiger partial charge >= 0.3 is 12.1 Å². The average molecular weight is 567 g/mol. The highest BCUT2D eigenvalue weighted by molar-refractivity contribution is 6.04. The number of aryl methyl sites for hydroxylation is 2. The van der Waals surface area contributed by atoms with Gasteiger partial charge in [0.2, 0.25) is 6.79 Å². The minimum Gasteiger partial charge on any atom is -0.428 e. The minimum atomic E-state index is -0.967. The SMILES string of the molecule is CCCNC(=O)c1cn2ncnc(Nc3cc(C(=O)N(CCC)C(=O)OCOC(=O)CCC=O)ccc3C)c2c1C. The number of ether oxygens (including phenoxy) is 2. The fraction of sp³-hybridized carbons (Fsp3) is 0.393. The highest BCUT2D eigenvalue weighted by Gasteiger charge is 2.25. The molecule has 2 N–H and O–H groups in total. The summed E-state index contributed by atoms with van der Waals surface area (Å²) in [7, 11) is 0. The molecule has 2 aromatic heterocycles. The van der Waals surface area contributed by atoms with Crippen LogP contribution in [0.15, 0.2) is 30.7 Å². The van der Waals surface area contributed by atoms with Crippen molar-refractivity contribution in [3.63, 3.8) is 0 Å². The molecule has 2 heterocycles. The van der Waals surface area contributed by atoms with Gasteiger partial charge in [-0.05, 0) is 49.9 Å². The van der Waals surface area contributed by atoms with E-state index in [0.29, 0.717) is 47.4 Å². The Bertz CT molecular complexity index is 1430. The van der Waals surface area contributed by atoms with E-state index in [1.54, 1.807) is 35.8 Å². The van der Waals surface area contributed by atoms with Gasteiger partial charge in [0.25, 0.3) is 11.8 Å². The predicted octanol–water partition coefficient (Wildman–Crippen LogP) is 3.70. The molecule has 0 bridgehead atoms. The highest BCUT2D eigenvalue weighted by Crippen LogP contribution is 2.28. The number of hydrogen-bond donors (Lipinski definition) is 2. The Balaban J connectivity index is 1.82. The maximum absolute atomic E-state index is 13.3. The van der Waals surface area contributed by atoms with Gasteiger partial charge in [0.05, 0.1) is 12.0 Å². The summed E-state index contributed by atoms with van der Waals surface area (Å²) in [5.74, 6) is -1.07. The summed E-state index contributed by atoms with van der Waals surface area (Å²) in [5.41, 5.74) is 3.34. The summed E-state index contributed by atoms with van der Waals surface area (Å²) in [6, 6.07) is 4.91. The molecule has 3 rings (SSSR count). The van der Waals surface area contributed by atoms with E-state index < -0.39 is 24.8 Å². The maximum atomic E-state index is 13.3. The van der Waals surface area contributed by atoms with Gasteiger partial charge in [-0.3, -0.25) is 14.4 Å². The first kappa shape index (κ1) is 30.7. The van der Waals surface area contributed by atoms with E-state index in [-0.39, 0.29) is 30.9 Å². The molecule has 13 nitrogen and oxygen atoms in total. The Labute approximate surface area is 237 Å². The highest BCUT2D eigenvalue weighted by atomic mass is 16.7. The summed E-state index contributed by atoms with van der Waals surface area (Å²) in [4.78, 5) is 65.9. The zero-order valence-corrected chi connectivity index (χ0v) is 23.6. The van der Waals surface area contributed by atoms with Crippen LogP contribution in [0.5, 0.6) is 0 Å². The number of imide groups is 1. The Kier molecular flexibility index (Phi) is 10.9. The van der Waals surface area contributed by atoms with Crippen LogP contribution < -0.4 is 10.6 Å². The smallest absolute Gasteiger partial charge is 0.419 e. The number of benzene rings is 1. The second-order valence-corrected chi connectivity index (χ2v) is 9.19. The van der Waals surface area contributed by atoms with Gasteiger partial charge in [0.15, 0.2) is 5.82 Å². The largest absolute Gasteiger partial charge is 0.428 e. The molecule has 0 saturated heterocycles. The average Bonchev–Trinajstić information content (AvgIpc) is 3.31. The van der Waals surface area contributed by atoms with Crippen molar-refractivity contribution in [1.82, 2.24) is 24.8 Å². The molecule has 1 aromatic carbocycles. The number of nitrogens with one attached hydrogen (secondary N) is 2. The summed E-state index contributed by atoms with van der Waals surface area (Å²) < 4.78 is 11.3. The lowest BCUT2D eigenvalue weighted by Crippen LogP contribution is -2.38. The number of anilines is 2. The molecule has 13 heteroatoms. The number of aromatic nitrogens is 3. The third-order valence-corrected chi connectivity index (χ3v) is 6.13. The summed E-state index contributed by atoms with van der Waals surface area (Å²) in [6.07, 6.45) is 3.76. The lowest BCUT2D eigenvalue weighted by atomic mass is 10.1. The molecule has 0 atom stereocenters. The number of nitrogens with zero attached hydrogens (tertiary/aromatic N) is 4. The predicted molar refractivity (Wildman–Crippen MR) is 149 cm³/mol. The zero-order chi connectivity index (χ0) is 29.9. The number of carbonyl (C=O) groups is 5. The van der Waals surface area contributed by atoms with Gasteiger partial charge in [0, 0.05) is 37.0 Å². The first-order valence-corrected chi connectivity index (χ1v) is 13.3. The van der Waals surface area contributed by atoms with Gasteiger partial charge in [-0.25, -0.2) is 19.2 Å². The summed E-state index contributed by atoms with van der Waals surface area (Å²) in [6.45, 7) is 7.38. The third-order valence-electron chi connectivity index (χ3n) is 6.13. The van der Waals surface area contributed by atoms with Crippen molar-refractivity contribution >= 4 is 47.2 Å². The number of rotatable bonds is 13. The molecule has 3 aromatic rings. The van der Waals surface area contributed by atoms with Crippen LogP contribution in [0.3, 0.4) is 0 Å². The molecule has 0 spiro atoms. The van der Waals surface area contributed by atoms with Crippen LogP contribution in [-0.2, 0) is 19.1 Å². The normalized spacial score (nSPS) is 10.6. The molecule has 0 saturated carbocycles. The van der Waals surface area contributed by atoms with Gasteiger partial charge in [-0.15, -0.1) is 0 Å². The van der Waals surface area contributed by atoms with Crippen LogP contribution in [0, 0.1) is 13.8 Å². The van der Waals surface area contributed by atoms with E-state index >= 15 is 0 Å². The van der Waals surface area contributed by atoms with Crippen LogP contribution in [0.2, 0.25) is 0 Å². The number of amides is 3. The minimum absolute atomic E-state index is 0.00289. The first-order valence-electron chi connectivity index (χ1n) is 13.3. The second kappa shape index (κ2) is 14.5. The van der Waals surface area contributed by atoms with E-state index in [1.165, 1.54) is 6.33 Å². The Hall–Kier alpha value is -4.81. The lowest BCUT2D eigenvalue weighted by molar-refractivity contribution is -0.152. The van der Waals surface area contributed by atoms with Crippen LogP contribution in [0.1, 0.15) is 71.4 Å². The van der Waals surface area contributed by atoms with Crippen molar-refractivity contribution in [3.05, 3.63) is 53.0 Å². The summed E-state index contributed by atoms with van der Waals surface area (Å²) in [5, 5.41) is 10.3. The van der Waals surface area contributed by atoms with Crippen molar-refractivity contribution in [2.45, 2.75) is 53.4 Å². The third kappa shape index (κ3) is 7.65. The van der Waals surface area contributed by atoms with Crippen molar-refractivity contribution in [2.24, 2.45) is 0 Å². The number of hydrogen-bond acceptors (Lipinski definition) is 10. The fourth-order valence-corrected chi connectivity index (χ4v) is 3.96. The van der Waals surface area contributed by atoms with Crippen LogP contribution in [0.25, 0.3) is 5.52 Å². The first-order chi connectivity index (χ1) is 19.7. The number of fused-ring (bicyclic) bond motifs is 1. The molecule has 0 aliphatic heterocycles. The van der Waals surface area contributed by atoms with E-state index in [2.05, 4.69) is 20.7 Å². The van der Waals surface area contributed by atoms with Crippen molar-refractivity contribution in [1.29, 1.82) is 0 Å². The fourth-order valence-electron chi connectivity index (χ4n) is 3.96. The second-order valence-electron chi connectivity index (χ2n) is 9.19. The standard InChI is InChI=1S/C28H34N6O7/c1-5-11-29-26(37)21-15-34-24(19(21)4)25(30-16-31-34)32-22-14-20(10-9-18(22)3)27(38)33(12-6-2)28(39)41-17-40-23(36)8-7-13-35/h9-10,13-16H,5-8,11-12,17H2,1-4H3,(H,29,37)(H,30,31,32). The van der Waals surface area contributed by atoms with E-state index in [0.717, 1.165) is 16.9 Å². The number of esters is 1. The van der Waals surface area contributed by atoms with Gasteiger partial charge in [-0.2, -0.15) is 5.10 Å². The van der Waals surface area contributed by atoms with Crippen molar-refractivity contribution in [2.75, 3.05) is 25.2 Å². The molecule has 41 heavy (non-hydrogen) atoms. The van der Waals surface area contributed by atoms with Crippen molar-refractivity contribution < 1.29 is 33.4 Å². The molecule has 218 valence electrons. The molecule has 3 amide bonds. The lowest BCUT2D eigenvalue weighted by Gasteiger charge is -2.20. The van der Waals surface area contributed by atoms with Crippen molar-refractivity contribution in [3.8, 4) is 0 Å². The monoisotopic (exact) mass is 566 g/mol.